The third-order valence-corrected chi connectivity index (χ3v) is 8.26. The van der Waals surface area contributed by atoms with Gasteiger partial charge in [0.15, 0.2) is 11.3 Å². The van der Waals surface area contributed by atoms with Crippen molar-refractivity contribution in [3.63, 3.8) is 0 Å². The summed E-state index contributed by atoms with van der Waals surface area (Å²) in [6.07, 6.45) is 2.85. The number of carbonyl (C=O) groups is 1. The van der Waals surface area contributed by atoms with Gasteiger partial charge in [0.25, 0.3) is 0 Å². The molecule has 8 heteroatoms. The van der Waals surface area contributed by atoms with Gasteiger partial charge in [0, 0.05) is 29.5 Å². The van der Waals surface area contributed by atoms with Crippen molar-refractivity contribution in [3.8, 4) is 5.75 Å². The average Bonchev–Trinajstić information content (AvgIpc) is 3.43. The number of hydrogen-bond acceptors (Lipinski definition) is 7. The first-order chi connectivity index (χ1) is 16.8. The van der Waals surface area contributed by atoms with Gasteiger partial charge in [0.2, 0.25) is 0 Å². The molecule has 2 atom stereocenters. The Balaban J connectivity index is 1.50. The van der Waals surface area contributed by atoms with E-state index < -0.39 is 22.9 Å². The fourth-order valence-corrected chi connectivity index (χ4v) is 6.10. The number of hydrogen-bond donors (Lipinski definition) is 1. The van der Waals surface area contributed by atoms with Crippen LogP contribution in [0.4, 0.5) is 5.69 Å². The smallest absolute Gasteiger partial charge is 0.340 e. The normalized spacial score (nSPS) is 28.4. The second kappa shape index (κ2) is 9.39. The minimum atomic E-state index is -1.40. The van der Waals surface area contributed by atoms with E-state index in [4.69, 9.17) is 18.9 Å². The number of esters is 1. The SMILES string of the molecule is COc1ccc(N2CC[C@@](C)(O)[C@]2(C(=O)OC2CCC3(CC2)OCCO3)c2ccc(Br)cc2)cc1. The molecule has 5 rings (SSSR count). The van der Waals surface area contributed by atoms with E-state index >= 15 is 0 Å². The molecule has 0 aromatic heterocycles. The molecule has 7 nitrogen and oxygen atoms in total. The Bertz CT molecular complexity index is 1040. The van der Waals surface area contributed by atoms with E-state index in [1.807, 2.05) is 53.4 Å². The molecule has 1 saturated carbocycles. The zero-order chi connectivity index (χ0) is 24.7. The Morgan fingerprint density at radius 2 is 1.66 bits per heavy atom. The molecule has 188 valence electrons. The Hall–Kier alpha value is -2.13. The summed E-state index contributed by atoms with van der Waals surface area (Å²) in [7, 11) is 1.62. The number of rotatable bonds is 5. The van der Waals surface area contributed by atoms with Gasteiger partial charge in [-0.25, -0.2) is 4.79 Å². The van der Waals surface area contributed by atoms with Gasteiger partial charge in [0.1, 0.15) is 17.5 Å². The summed E-state index contributed by atoms with van der Waals surface area (Å²) in [5.41, 5.74) is -1.25. The summed E-state index contributed by atoms with van der Waals surface area (Å²) in [5, 5.41) is 11.8. The lowest BCUT2D eigenvalue weighted by atomic mass is 9.75. The van der Waals surface area contributed by atoms with Crippen molar-refractivity contribution >= 4 is 27.6 Å². The lowest BCUT2D eigenvalue weighted by molar-refractivity contribution is -0.198. The molecule has 0 amide bonds. The van der Waals surface area contributed by atoms with Crippen LogP contribution in [0.5, 0.6) is 5.75 Å². The van der Waals surface area contributed by atoms with Gasteiger partial charge < -0.3 is 29.0 Å². The average molecular weight is 546 g/mol. The molecule has 1 spiro atoms. The lowest BCUT2D eigenvalue weighted by Gasteiger charge is -2.45. The summed E-state index contributed by atoms with van der Waals surface area (Å²) >= 11 is 3.49. The Morgan fingerprint density at radius 1 is 1.03 bits per heavy atom. The molecule has 2 saturated heterocycles. The summed E-state index contributed by atoms with van der Waals surface area (Å²) in [4.78, 5) is 16.2. The molecule has 0 radical (unpaired) electrons. The van der Waals surface area contributed by atoms with Crippen LogP contribution in [0.15, 0.2) is 53.0 Å². The van der Waals surface area contributed by atoms with Crippen LogP contribution in [0, 0.1) is 0 Å². The summed E-state index contributed by atoms with van der Waals surface area (Å²) < 4.78 is 24.1. The van der Waals surface area contributed by atoms with Crippen LogP contribution in [0.1, 0.15) is 44.6 Å². The van der Waals surface area contributed by atoms with Crippen molar-refractivity contribution < 1.29 is 28.8 Å². The summed E-state index contributed by atoms with van der Waals surface area (Å²) in [5.74, 6) is -0.239. The van der Waals surface area contributed by atoms with Gasteiger partial charge in [-0.2, -0.15) is 0 Å². The van der Waals surface area contributed by atoms with Gasteiger partial charge in [-0.05, 0) is 68.1 Å². The topological polar surface area (TPSA) is 77.5 Å². The number of nitrogens with zero attached hydrogens (tertiary/aromatic N) is 1. The zero-order valence-corrected chi connectivity index (χ0v) is 21.8. The molecule has 0 bridgehead atoms. The fourth-order valence-electron chi connectivity index (χ4n) is 5.83. The number of benzene rings is 2. The van der Waals surface area contributed by atoms with Crippen LogP contribution in [0.25, 0.3) is 0 Å². The maximum Gasteiger partial charge on any atom is 0.340 e. The maximum atomic E-state index is 14.2. The van der Waals surface area contributed by atoms with Crippen molar-refractivity contribution in [2.75, 3.05) is 31.8 Å². The van der Waals surface area contributed by atoms with E-state index in [0.29, 0.717) is 57.4 Å². The van der Waals surface area contributed by atoms with Crippen LogP contribution in [0.3, 0.4) is 0 Å². The van der Waals surface area contributed by atoms with E-state index in [1.165, 1.54) is 0 Å². The first kappa shape index (κ1) is 24.6. The molecular weight excluding hydrogens is 514 g/mol. The number of ether oxygens (including phenoxy) is 4. The van der Waals surface area contributed by atoms with Crippen molar-refractivity contribution in [1.29, 1.82) is 0 Å². The Kier molecular flexibility index (Phi) is 6.59. The second-order valence-electron chi connectivity index (χ2n) is 9.80. The van der Waals surface area contributed by atoms with Gasteiger partial charge >= 0.3 is 5.97 Å². The Labute approximate surface area is 214 Å². The predicted octanol–water partition coefficient (Wildman–Crippen LogP) is 4.54. The Morgan fingerprint density at radius 3 is 2.26 bits per heavy atom. The number of aliphatic hydroxyl groups is 1. The third-order valence-electron chi connectivity index (χ3n) is 7.73. The molecule has 1 aliphatic carbocycles. The molecule has 0 unspecified atom stereocenters. The van der Waals surface area contributed by atoms with E-state index in [1.54, 1.807) is 14.0 Å². The lowest BCUT2D eigenvalue weighted by Crippen LogP contribution is -2.61. The molecule has 3 fully saturated rings. The fraction of sp³-hybridized carbons (Fsp3) is 0.519. The maximum absolute atomic E-state index is 14.2. The molecule has 35 heavy (non-hydrogen) atoms. The van der Waals surface area contributed by atoms with Gasteiger partial charge in [-0.3, -0.25) is 0 Å². The number of carbonyl (C=O) groups excluding carboxylic acids is 1. The highest BCUT2D eigenvalue weighted by atomic mass is 79.9. The first-order valence-electron chi connectivity index (χ1n) is 12.2. The highest BCUT2D eigenvalue weighted by molar-refractivity contribution is 9.10. The molecule has 2 heterocycles. The molecule has 3 aliphatic rings. The van der Waals surface area contributed by atoms with Gasteiger partial charge in [-0.1, -0.05) is 28.1 Å². The van der Waals surface area contributed by atoms with Crippen molar-refractivity contribution in [1.82, 2.24) is 0 Å². The van der Waals surface area contributed by atoms with E-state index in [2.05, 4.69) is 15.9 Å². The zero-order valence-electron chi connectivity index (χ0n) is 20.2. The highest BCUT2D eigenvalue weighted by Crippen LogP contribution is 2.50. The van der Waals surface area contributed by atoms with Gasteiger partial charge in [-0.15, -0.1) is 0 Å². The van der Waals surface area contributed by atoms with Crippen molar-refractivity contribution in [3.05, 3.63) is 58.6 Å². The molecule has 1 N–H and O–H groups in total. The van der Waals surface area contributed by atoms with Crippen LogP contribution in [-0.2, 0) is 24.5 Å². The van der Waals surface area contributed by atoms with Crippen LogP contribution in [-0.4, -0.2) is 55.4 Å². The molecule has 2 aromatic rings. The van der Waals surface area contributed by atoms with E-state index in [-0.39, 0.29) is 6.10 Å². The number of anilines is 1. The van der Waals surface area contributed by atoms with Crippen LogP contribution < -0.4 is 9.64 Å². The quantitative estimate of drug-likeness (QED) is 0.552. The minimum Gasteiger partial charge on any atom is -0.497 e. The summed E-state index contributed by atoms with van der Waals surface area (Å²) in [6, 6.07) is 15.1. The first-order valence-corrected chi connectivity index (χ1v) is 13.0. The molecule has 2 aliphatic heterocycles. The van der Waals surface area contributed by atoms with E-state index in [9.17, 15) is 9.90 Å². The number of halogens is 1. The van der Waals surface area contributed by atoms with E-state index in [0.717, 1.165) is 15.9 Å². The van der Waals surface area contributed by atoms with Crippen LogP contribution in [0.2, 0.25) is 0 Å². The molecule has 2 aromatic carbocycles. The monoisotopic (exact) mass is 545 g/mol. The largest absolute Gasteiger partial charge is 0.497 e. The third kappa shape index (κ3) is 4.24. The van der Waals surface area contributed by atoms with Gasteiger partial charge in [0.05, 0.1) is 20.3 Å². The minimum absolute atomic E-state index is 0.262. The van der Waals surface area contributed by atoms with Crippen molar-refractivity contribution in [2.45, 2.75) is 62.1 Å². The standard InChI is InChI=1S/C27H32BrNO6/c1-25(31)15-16-29(21-7-9-22(32-2)10-8-21)27(25,19-3-5-20(28)6-4-19)24(30)35-23-11-13-26(14-12-23)33-17-18-34-26/h3-10,23,31H,11-18H2,1-2H3/t25-,27-/m1/s1. The highest BCUT2D eigenvalue weighted by Gasteiger charge is 2.64. The predicted molar refractivity (Wildman–Crippen MR) is 134 cm³/mol. The molecular formula is C27H32BrNO6. The number of methoxy groups -OCH3 is 1. The summed E-state index contributed by atoms with van der Waals surface area (Å²) in [6.45, 7) is 3.45. The second-order valence-corrected chi connectivity index (χ2v) is 10.7. The van der Waals surface area contributed by atoms with Crippen molar-refractivity contribution in [2.24, 2.45) is 0 Å². The van der Waals surface area contributed by atoms with Crippen LogP contribution >= 0.6 is 15.9 Å².